The van der Waals surface area contributed by atoms with E-state index >= 15 is 0 Å². The molecule has 6 nitrogen and oxygen atoms in total. The fourth-order valence-electron chi connectivity index (χ4n) is 4.50. The lowest BCUT2D eigenvalue weighted by Gasteiger charge is -2.30. The third kappa shape index (κ3) is 4.38. The number of hydrogen-bond acceptors (Lipinski definition) is 3. The zero-order chi connectivity index (χ0) is 20.2. The van der Waals surface area contributed by atoms with Crippen molar-refractivity contribution in [1.82, 2.24) is 0 Å². The molecular weight excluding hydrogens is 366 g/mol. The van der Waals surface area contributed by atoms with Crippen LogP contribution >= 0.6 is 0 Å². The first-order valence-electron chi connectivity index (χ1n) is 10.4. The van der Waals surface area contributed by atoms with Crippen LogP contribution in [0, 0.1) is 0 Å². The number of rotatable bonds is 6. The fourth-order valence-corrected chi connectivity index (χ4v) is 4.50. The summed E-state index contributed by atoms with van der Waals surface area (Å²) in [6.45, 7) is 6.61. The Labute approximate surface area is 172 Å². The Hall–Kier alpha value is -2.57. The van der Waals surface area contributed by atoms with Crippen LogP contribution in [-0.2, 0) is 17.8 Å². The third-order valence-electron chi connectivity index (χ3n) is 6.16. The van der Waals surface area contributed by atoms with Gasteiger partial charge >= 0.3 is 0 Å². The van der Waals surface area contributed by atoms with Crippen LogP contribution in [-0.4, -0.2) is 59.4 Å². The minimum Gasteiger partial charge on any atom is -0.493 e. The summed E-state index contributed by atoms with van der Waals surface area (Å²) in [5.41, 5.74) is 3.65. The minimum absolute atomic E-state index is 0.258. The number of ether oxygens (including phenoxy) is 2. The molecule has 2 aromatic carbocycles. The molecule has 4 rings (SSSR count). The summed E-state index contributed by atoms with van der Waals surface area (Å²) < 4.78 is 10.7. The van der Waals surface area contributed by atoms with Crippen LogP contribution in [0.3, 0.4) is 0 Å². The number of carbonyl (C=O) groups is 1. The second-order valence-electron chi connectivity index (χ2n) is 7.97. The molecule has 0 aliphatic carbocycles. The first-order valence-corrected chi connectivity index (χ1v) is 10.4. The number of quaternary nitrogens is 2. The largest absolute Gasteiger partial charge is 0.493 e. The summed E-state index contributed by atoms with van der Waals surface area (Å²) >= 11 is 0. The van der Waals surface area contributed by atoms with Gasteiger partial charge < -0.3 is 24.2 Å². The van der Waals surface area contributed by atoms with Gasteiger partial charge in [0.25, 0.3) is 5.91 Å². The quantitative estimate of drug-likeness (QED) is 0.696. The van der Waals surface area contributed by atoms with Crippen molar-refractivity contribution < 1.29 is 24.1 Å². The highest BCUT2D eigenvalue weighted by molar-refractivity contribution is 5.96. The monoisotopic (exact) mass is 397 g/mol. The summed E-state index contributed by atoms with van der Waals surface area (Å²) in [6.07, 6.45) is 0.973. The van der Waals surface area contributed by atoms with Crippen molar-refractivity contribution in [2.75, 3.05) is 58.4 Å². The lowest BCUT2D eigenvalue weighted by Crippen LogP contribution is -3.28. The summed E-state index contributed by atoms with van der Waals surface area (Å²) in [5, 5.41) is 0. The maximum atomic E-state index is 12.9. The van der Waals surface area contributed by atoms with Gasteiger partial charge in [-0.25, -0.2) is 0 Å². The van der Waals surface area contributed by atoms with Crippen molar-refractivity contribution >= 4 is 11.6 Å². The van der Waals surface area contributed by atoms with Gasteiger partial charge in [0, 0.05) is 17.8 Å². The predicted octanol–water partition coefficient (Wildman–Crippen LogP) is -0.423. The predicted molar refractivity (Wildman–Crippen MR) is 112 cm³/mol. The molecule has 6 heteroatoms. The molecule has 29 heavy (non-hydrogen) atoms. The van der Waals surface area contributed by atoms with Crippen LogP contribution in [0.1, 0.15) is 11.1 Å². The van der Waals surface area contributed by atoms with Crippen LogP contribution < -0.4 is 24.2 Å². The highest BCUT2D eigenvalue weighted by Gasteiger charge is 2.30. The van der Waals surface area contributed by atoms with Crippen LogP contribution in [0.5, 0.6) is 11.5 Å². The number of anilines is 1. The Kier molecular flexibility index (Phi) is 6.02. The van der Waals surface area contributed by atoms with E-state index in [1.54, 1.807) is 19.1 Å². The van der Waals surface area contributed by atoms with Gasteiger partial charge in [0.05, 0.1) is 14.2 Å². The molecule has 0 radical (unpaired) electrons. The van der Waals surface area contributed by atoms with Crippen molar-refractivity contribution in [2.24, 2.45) is 0 Å². The van der Waals surface area contributed by atoms with Crippen molar-refractivity contribution in [3.8, 4) is 11.5 Å². The van der Waals surface area contributed by atoms with E-state index < -0.39 is 0 Å². The number of para-hydroxylation sites is 1. The number of piperazine rings is 1. The molecule has 2 aliphatic rings. The lowest BCUT2D eigenvalue weighted by atomic mass is 10.1. The molecule has 2 heterocycles. The molecule has 0 saturated carbocycles. The van der Waals surface area contributed by atoms with Crippen LogP contribution in [0.4, 0.5) is 5.69 Å². The number of carbonyl (C=O) groups excluding carboxylic acids is 1. The molecule has 1 amide bonds. The molecule has 154 valence electrons. The van der Waals surface area contributed by atoms with Crippen molar-refractivity contribution in [3.63, 3.8) is 0 Å². The van der Waals surface area contributed by atoms with Crippen molar-refractivity contribution in [1.29, 1.82) is 0 Å². The van der Waals surface area contributed by atoms with E-state index in [0.29, 0.717) is 6.54 Å². The lowest BCUT2D eigenvalue weighted by molar-refractivity contribution is -1.02. The van der Waals surface area contributed by atoms with Gasteiger partial charge in [0.2, 0.25) is 0 Å². The van der Waals surface area contributed by atoms with Crippen LogP contribution in [0.2, 0.25) is 0 Å². The average Bonchev–Trinajstić information content (AvgIpc) is 3.19. The van der Waals surface area contributed by atoms with Crippen LogP contribution in [0.25, 0.3) is 0 Å². The van der Waals surface area contributed by atoms with E-state index in [4.69, 9.17) is 9.47 Å². The second kappa shape index (κ2) is 8.84. The second-order valence-corrected chi connectivity index (χ2v) is 7.97. The number of hydrogen-bond donors (Lipinski definition) is 2. The fraction of sp³-hybridized carbons (Fsp3) is 0.435. The van der Waals surface area contributed by atoms with Crippen LogP contribution in [0.15, 0.2) is 42.5 Å². The minimum atomic E-state index is 0.258. The molecule has 1 fully saturated rings. The first-order chi connectivity index (χ1) is 14.2. The van der Waals surface area contributed by atoms with Crippen molar-refractivity contribution in [2.45, 2.75) is 13.0 Å². The van der Waals surface area contributed by atoms with Crippen molar-refractivity contribution in [3.05, 3.63) is 53.6 Å². The van der Waals surface area contributed by atoms with E-state index in [0.717, 1.165) is 62.9 Å². The normalized spacial score (nSPS) is 21.0. The highest BCUT2D eigenvalue weighted by Crippen LogP contribution is 2.28. The molecule has 1 saturated heterocycles. The maximum Gasteiger partial charge on any atom is 0.282 e. The standard InChI is InChI=1S/C23H29N3O3/c1-28-21-8-7-18(15-22(21)29-2)16-24-11-13-25(14-12-24)17-23(27)26-10-9-19-5-3-4-6-20(19)26/h3-8,15H,9-14,16-17H2,1-2H3/p+2. The Morgan fingerprint density at radius 1 is 0.966 bits per heavy atom. The number of nitrogens with zero attached hydrogens (tertiary/aromatic N) is 1. The van der Waals surface area contributed by atoms with E-state index in [1.807, 2.05) is 17.0 Å². The summed E-state index contributed by atoms with van der Waals surface area (Å²) in [6, 6.07) is 14.4. The smallest absolute Gasteiger partial charge is 0.282 e. The number of benzene rings is 2. The maximum absolute atomic E-state index is 12.9. The molecule has 0 bridgehead atoms. The van der Waals surface area contributed by atoms with E-state index in [1.165, 1.54) is 16.0 Å². The Balaban J connectivity index is 1.28. The van der Waals surface area contributed by atoms with Gasteiger partial charge in [-0.1, -0.05) is 18.2 Å². The van der Waals surface area contributed by atoms with E-state index in [-0.39, 0.29) is 5.91 Å². The van der Waals surface area contributed by atoms with Gasteiger partial charge in [-0.05, 0) is 36.2 Å². The van der Waals surface area contributed by atoms with E-state index in [2.05, 4.69) is 30.3 Å². The highest BCUT2D eigenvalue weighted by atomic mass is 16.5. The Morgan fingerprint density at radius 2 is 1.69 bits per heavy atom. The zero-order valence-corrected chi connectivity index (χ0v) is 17.4. The van der Waals surface area contributed by atoms with Gasteiger partial charge in [-0.15, -0.1) is 0 Å². The first kappa shape index (κ1) is 19.7. The van der Waals surface area contributed by atoms with Gasteiger partial charge in [0.1, 0.15) is 32.7 Å². The molecule has 0 atom stereocenters. The summed E-state index contributed by atoms with van der Waals surface area (Å²) in [7, 11) is 3.33. The molecule has 2 N–H and O–H groups in total. The van der Waals surface area contributed by atoms with Gasteiger partial charge in [-0.3, -0.25) is 4.79 Å². The number of amides is 1. The number of methoxy groups -OCH3 is 2. The molecule has 0 aromatic heterocycles. The topological polar surface area (TPSA) is 47.7 Å². The van der Waals surface area contributed by atoms with Gasteiger partial charge in [0.15, 0.2) is 18.0 Å². The molecule has 2 aliphatic heterocycles. The molecule has 0 spiro atoms. The van der Waals surface area contributed by atoms with Gasteiger partial charge in [-0.2, -0.15) is 0 Å². The number of fused-ring (bicyclic) bond motifs is 1. The SMILES string of the molecule is COc1ccc(C[NH+]2CC[NH+](CC(=O)N3CCc4ccccc43)CC2)cc1OC. The summed E-state index contributed by atoms with van der Waals surface area (Å²) in [5.74, 6) is 1.81. The molecular formula is C23H31N3O3+2. The van der Waals surface area contributed by atoms with E-state index in [9.17, 15) is 4.79 Å². The number of nitrogens with one attached hydrogen (secondary N) is 2. The zero-order valence-electron chi connectivity index (χ0n) is 17.4. The summed E-state index contributed by atoms with van der Waals surface area (Å²) in [4.78, 5) is 17.8. The third-order valence-corrected chi connectivity index (χ3v) is 6.16. The Bertz CT molecular complexity index is 862. The molecule has 0 unspecified atom stereocenters. The Morgan fingerprint density at radius 3 is 2.45 bits per heavy atom. The molecule has 2 aromatic rings. The average molecular weight is 398 g/mol.